The molecule has 1 N–H and O–H groups in total. The molecule has 1 aliphatic rings. The zero-order chi connectivity index (χ0) is 19.3. The first-order chi connectivity index (χ1) is 12.2. The van der Waals surface area contributed by atoms with Crippen molar-refractivity contribution in [1.29, 1.82) is 0 Å². The molecule has 0 spiro atoms. The van der Waals surface area contributed by atoms with Crippen molar-refractivity contribution in [3.05, 3.63) is 33.8 Å². The van der Waals surface area contributed by atoms with E-state index in [2.05, 4.69) is 5.32 Å². The molecule has 1 aromatic rings. The van der Waals surface area contributed by atoms with Gasteiger partial charge in [0.15, 0.2) is 9.84 Å². The van der Waals surface area contributed by atoms with Crippen LogP contribution in [0.3, 0.4) is 0 Å². The van der Waals surface area contributed by atoms with Crippen molar-refractivity contribution in [2.75, 3.05) is 31.1 Å². The van der Waals surface area contributed by atoms with E-state index in [9.17, 15) is 18.0 Å². The number of amides is 2. The maximum atomic E-state index is 12.6. The summed E-state index contributed by atoms with van der Waals surface area (Å²) in [6, 6.07) is 4.70. The van der Waals surface area contributed by atoms with E-state index >= 15 is 0 Å². The number of benzene rings is 1. The standard InChI is InChI=1S/C17H22Cl2N2O4S/c1-2-26(24,25)9-7-20-16(22)13-4-3-8-21(11-13)17(23)12-5-6-14(18)15(19)10-12/h5-6,10,13H,2-4,7-9,11H2,1H3,(H,20,22). The summed E-state index contributed by atoms with van der Waals surface area (Å²) in [7, 11) is -3.12. The topological polar surface area (TPSA) is 83.6 Å². The molecule has 0 bridgehead atoms. The minimum absolute atomic E-state index is 0.0538. The summed E-state index contributed by atoms with van der Waals surface area (Å²) in [4.78, 5) is 26.5. The Morgan fingerprint density at radius 3 is 2.65 bits per heavy atom. The Labute approximate surface area is 163 Å². The molecular weight excluding hydrogens is 399 g/mol. The van der Waals surface area contributed by atoms with Gasteiger partial charge in [0.05, 0.1) is 21.7 Å². The number of hydrogen-bond acceptors (Lipinski definition) is 4. The van der Waals surface area contributed by atoms with Gasteiger partial charge in [-0.25, -0.2) is 8.42 Å². The molecule has 1 atom stereocenters. The van der Waals surface area contributed by atoms with Crippen molar-refractivity contribution in [2.45, 2.75) is 19.8 Å². The number of carbonyl (C=O) groups excluding carboxylic acids is 2. The van der Waals surface area contributed by atoms with Crippen LogP contribution in [0.1, 0.15) is 30.1 Å². The number of hydrogen-bond donors (Lipinski definition) is 1. The van der Waals surface area contributed by atoms with Gasteiger partial charge in [-0.2, -0.15) is 0 Å². The molecule has 2 rings (SSSR count). The molecule has 144 valence electrons. The fourth-order valence-corrected chi connectivity index (χ4v) is 3.81. The third kappa shape index (κ3) is 5.59. The van der Waals surface area contributed by atoms with E-state index in [-0.39, 0.29) is 35.8 Å². The molecule has 0 aliphatic carbocycles. The van der Waals surface area contributed by atoms with Gasteiger partial charge in [-0.15, -0.1) is 0 Å². The summed E-state index contributed by atoms with van der Waals surface area (Å²) < 4.78 is 23.0. The van der Waals surface area contributed by atoms with Crippen LogP contribution in [-0.4, -0.2) is 56.3 Å². The molecule has 1 unspecified atom stereocenters. The Balaban J connectivity index is 1.94. The summed E-state index contributed by atoms with van der Waals surface area (Å²) in [5, 5.41) is 3.35. The van der Waals surface area contributed by atoms with Crippen molar-refractivity contribution >= 4 is 44.9 Å². The van der Waals surface area contributed by atoms with Crippen LogP contribution in [0.25, 0.3) is 0 Å². The Morgan fingerprint density at radius 1 is 1.27 bits per heavy atom. The highest BCUT2D eigenvalue weighted by atomic mass is 35.5. The van der Waals surface area contributed by atoms with Gasteiger partial charge in [0.2, 0.25) is 5.91 Å². The van der Waals surface area contributed by atoms with Gasteiger partial charge in [-0.05, 0) is 31.0 Å². The smallest absolute Gasteiger partial charge is 0.253 e. The second-order valence-electron chi connectivity index (χ2n) is 6.25. The van der Waals surface area contributed by atoms with Gasteiger partial charge in [0.25, 0.3) is 5.91 Å². The van der Waals surface area contributed by atoms with Crippen LogP contribution < -0.4 is 5.32 Å². The van der Waals surface area contributed by atoms with Crippen LogP contribution in [0.2, 0.25) is 10.0 Å². The first kappa shape index (κ1) is 21.0. The minimum Gasteiger partial charge on any atom is -0.355 e. The van der Waals surface area contributed by atoms with E-state index in [1.807, 2.05) is 0 Å². The third-order valence-corrected chi connectivity index (χ3v) is 6.84. The molecule has 6 nitrogen and oxygen atoms in total. The van der Waals surface area contributed by atoms with Gasteiger partial charge < -0.3 is 10.2 Å². The molecule has 9 heteroatoms. The lowest BCUT2D eigenvalue weighted by molar-refractivity contribution is -0.126. The SMILES string of the molecule is CCS(=O)(=O)CCNC(=O)C1CCCN(C(=O)c2ccc(Cl)c(Cl)c2)C1. The average molecular weight is 421 g/mol. The van der Waals surface area contributed by atoms with Crippen LogP contribution >= 0.6 is 23.2 Å². The summed E-state index contributed by atoms with van der Waals surface area (Å²) >= 11 is 11.8. The van der Waals surface area contributed by atoms with Crippen molar-refractivity contribution in [3.8, 4) is 0 Å². The molecule has 0 radical (unpaired) electrons. The van der Waals surface area contributed by atoms with Crippen molar-refractivity contribution in [3.63, 3.8) is 0 Å². The highest BCUT2D eigenvalue weighted by molar-refractivity contribution is 7.91. The number of rotatable bonds is 6. The molecule has 1 saturated heterocycles. The highest BCUT2D eigenvalue weighted by Crippen LogP contribution is 2.25. The van der Waals surface area contributed by atoms with E-state index in [1.54, 1.807) is 24.0 Å². The Hall–Kier alpha value is -1.31. The van der Waals surface area contributed by atoms with Crippen molar-refractivity contribution < 1.29 is 18.0 Å². The van der Waals surface area contributed by atoms with E-state index in [1.165, 1.54) is 6.07 Å². The van der Waals surface area contributed by atoms with Gasteiger partial charge in [-0.1, -0.05) is 30.1 Å². The lowest BCUT2D eigenvalue weighted by Crippen LogP contribution is -2.46. The summed E-state index contributed by atoms with van der Waals surface area (Å²) in [6.45, 7) is 2.52. The van der Waals surface area contributed by atoms with Crippen LogP contribution in [0.15, 0.2) is 18.2 Å². The van der Waals surface area contributed by atoms with Gasteiger partial charge in [0.1, 0.15) is 0 Å². The Bertz CT molecular complexity index is 783. The Kier molecular flexibility index (Phi) is 7.32. The van der Waals surface area contributed by atoms with Crippen LogP contribution in [0.5, 0.6) is 0 Å². The number of carbonyl (C=O) groups is 2. The lowest BCUT2D eigenvalue weighted by atomic mass is 9.96. The highest BCUT2D eigenvalue weighted by Gasteiger charge is 2.29. The summed E-state index contributed by atoms with van der Waals surface area (Å²) in [5.74, 6) is -0.788. The fraction of sp³-hybridized carbons (Fsp3) is 0.529. The zero-order valence-electron chi connectivity index (χ0n) is 14.5. The number of piperidine rings is 1. The average Bonchev–Trinajstić information content (AvgIpc) is 2.63. The normalized spacial score (nSPS) is 17.8. The molecular formula is C17H22Cl2N2O4S. The molecule has 1 fully saturated rings. The monoisotopic (exact) mass is 420 g/mol. The molecule has 1 heterocycles. The minimum atomic E-state index is -3.12. The Morgan fingerprint density at radius 2 is 2.00 bits per heavy atom. The van der Waals surface area contributed by atoms with E-state index in [0.717, 1.165) is 0 Å². The van der Waals surface area contributed by atoms with Crippen molar-refractivity contribution in [1.82, 2.24) is 10.2 Å². The van der Waals surface area contributed by atoms with Crippen LogP contribution in [-0.2, 0) is 14.6 Å². The van der Waals surface area contributed by atoms with Crippen molar-refractivity contribution in [2.24, 2.45) is 5.92 Å². The first-order valence-corrected chi connectivity index (χ1v) is 11.0. The third-order valence-electron chi connectivity index (χ3n) is 4.40. The van der Waals surface area contributed by atoms with Crippen LogP contribution in [0.4, 0.5) is 0 Å². The first-order valence-electron chi connectivity index (χ1n) is 8.46. The van der Waals surface area contributed by atoms with E-state index in [0.29, 0.717) is 41.5 Å². The molecule has 26 heavy (non-hydrogen) atoms. The number of nitrogens with zero attached hydrogens (tertiary/aromatic N) is 1. The van der Waals surface area contributed by atoms with E-state index < -0.39 is 9.84 Å². The predicted molar refractivity (Wildman–Crippen MR) is 102 cm³/mol. The second-order valence-corrected chi connectivity index (χ2v) is 9.53. The molecule has 0 saturated carbocycles. The van der Waals surface area contributed by atoms with Gasteiger partial charge in [-0.3, -0.25) is 9.59 Å². The summed E-state index contributed by atoms with van der Waals surface area (Å²) in [6.07, 6.45) is 1.37. The number of halogens is 2. The van der Waals surface area contributed by atoms with Gasteiger partial charge in [0, 0.05) is 31.0 Å². The molecule has 2 amide bonds. The zero-order valence-corrected chi connectivity index (χ0v) is 16.8. The van der Waals surface area contributed by atoms with E-state index in [4.69, 9.17) is 23.2 Å². The number of likely N-dealkylation sites (tertiary alicyclic amines) is 1. The second kappa shape index (κ2) is 9.06. The fourth-order valence-electron chi connectivity index (χ4n) is 2.81. The summed E-state index contributed by atoms with van der Waals surface area (Å²) in [5.41, 5.74) is 0.425. The predicted octanol–water partition coefficient (Wildman–Crippen LogP) is 2.40. The van der Waals surface area contributed by atoms with Crippen LogP contribution in [0, 0.1) is 5.92 Å². The lowest BCUT2D eigenvalue weighted by Gasteiger charge is -2.32. The largest absolute Gasteiger partial charge is 0.355 e. The molecule has 1 aromatic carbocycles. The maximum Gasteiger partial charge on any atom is 0.253 e. The molecule has 1 aliphatic heterocycles. The maximum absolute atomic E-state index is 12.6. The number of nitrogens with one attached hydrogen (secondary N) is 1. The molecule has 0 aromatic heterocycles. The van der Waals surface area contributed by atoms with Gasteiger partial charge >= 0.3 is 0 Å². The number of sulfone groups is 1. The quantitative estimate of drug-likeness (QED) is 0.765.